The van der Waals surface area contributed by atoms with Crippen LogP contribution in [0.25, 0.3) is 0 Å². The Morgan fingerprint density at radius 2 is 2.06 bits per heavy atom. The van der Waals surface area contributed by atoms with Crippen molar-refractivity contribution in [2.45, 2.75) is 18.9 Å². The lowest BCUT2D eigenvalue weighted by atomic mass is 10.0. The largest absolute Gasteiger partial charge is 0.496 e. The highest BCUT2D eigenvalue weighted by Gasteiger charge is 2.14. The van der Waals surface area contributed by atoms with Crippen LogP contribution in [-0.2, 0) is 4.74 Å². The Morgan fingerprint density at radius 1 is 1.33 bits per heavy atom. The predicted molar refractivity (Wildman–Crippen MR) is 64.5 cm³/mol. The van der Waals surface area contributed by atoms with E-state index in [1.165, 1.54) is 0 Å². The van der Waals surface area contributed by atoms with E-state index < -0.39 is 13.0 Å². The average Bonchev–Trinajstić information content (AvgIpc) is 2.38. The van der Waals surface area contributed by atoms with E-state index in [4.69, 9.17) is 15.3 Å². The SMILES string of the molecule is COc1ccccc1C(CCOCC(F)F)NN. The lowest BCUT2D eigenvalue weighted by molar-refractivity contribution is 0.0143. The van der Waals surface area contributed by atoms with Crippen molar-refractivity contribution in [1.82, 2.24) is 5.43 Å². The Kier molecular flexibility index (Phi) is 6.56. The highest BCUT2D eigenvalue weighted by atomic mass is 19.3. The van der Waals surface area contributed by atoms with Gasteiger partial charge in [-0.15, -0.1) is 0 Å². The number of methoxy groups -OCH3 is 1. The number of halogens is 2. The van der Waals surface area contributed by atoms with Crippen LogP contribution in [0.5, 0.6) is 5.75 Å². The molecular formula is C12H18F2N2O2. The molecule has 0 fully saturated rings. The summed E-state index contributed by atoms with van der Waals surface area (Å²) in [5, 5.41) is 0. The van der Waals surface area contributed by atoms with Crippen LogP contribution in [0, 0.1) is 0 Å². The minimum Gasteiger partial charge on any atom is -0.496 e. The van der Waals surface area contributed by atoms with E-state index in [2.05, 4.69) is 5.43 Å². The van der Waals surface area contributed by atoms with Gasteiger partial charge in [0.1, 0.15) is 12.4 Å². The summed E-state index contributed by atoms with van der Waals surface area (Å²) in [5.74, 6) is 6.16. The van der Waals surface area contributed by atoms with E-state index in [0.717, 1.165) is 5.56 Å². The normalized spacial score (nSPS) is 12.7. The fourth-order valence-electron chi connectivity index (χ4n) is 1.66. The van der Waals surface area contributed by atoms with Crippen molar-refractivity contribution in [2.24, 2.45) is 5.84 Å². The first kappa shape index (κ1) is 14.8. The number of hydrogen-bond acceptors (Lipinski definition) is 4. The summed E-state index contributed by atoms with van der Waals surface area (Å²) in [5.41, 5.74) is 3.51. The molecule has 6 heteroatoms. The van der Waals surface area contributed by atoms with Crippen LogP contribution in [-0.4, -0.2) is 26.7 Å². The maximum absolute atomic E-state index is 11.9. The summed E-state index contributed by atoms with van der Waals surface area (Å²) in [6.45, 7) is -0.347. The van der Waals surface area contributed by atoms with Crippen molar-refractivity contribution in [1.29, 1.82) is 0 Å². The first-order valence-corrected chi connectivity index (χ1v) is 5.64. The monoisotopic (exact) mass is 260 g/mol. The zero-order chi connectivity index (χ0) is 13.4. The Bertz CT molecular complexity index is 351. The molecule has 4 nitrogen and oxygen atoms in total. The van der Waals surface area contributed by atoms with Crippen LogP contribution < -0.4 is 16.0 Å². The van der Waals surface area contributed by atoms with Gasteiger partial charge in [0.2, 0.25) is 0 Å². The number of para-hydroxylation sites is 1. The zero-order valence-electron chi connectivity index (χ0n) is 10.2. The summed E-state index contributed by atoms with van der Waals surface area (Å²) in [6.07, 6.45) is -1.95. The van der Waals surface area contributed by atoms with Gasteiger partial charge in [-0.25, -0.2) is 8.78 Å². The quantitative estimate of drug-likeness (QED) is 0.425. The lowest BCUT2D eigenvalue weighted by Gasteiger charge is -2.18. The number of hydrazine groups is 1. The molecule has 0 aliphatic carbocycles. The van der Waals surface area contributed by atoms with Gasteiger partial charge in [-0.2, -0.15) is 0 Å². The maximum atomic E-state index is 11.9. The number of benzene rings is 1. The zero-order valence-corrected chi connectivity index (χ0v) is 10.2. The van der Waals surface area contributed by atoms with E-state index in [9.17, 15) is 8.78 Å². The third kappa shape index (κ3) is 4.56. The van der Waals surface area contributed by atoms with Crippen LogP contribution in [0.3, 0.4) is 0 Å². The minimum absolute atomic E-state index is 0.196. The molecule has 0 saturated carbocycles. The second kappa shape index (κ2) is 7.97. The highest BCUT2D eigenvalue weighted by Crippen LogP contribution is 2.26. The van der Waals surface area contributed by atoms with Crippen LogP contribution in [0.4, 0.5) is 8.78 Å². The molecule has 0 aliphatic rings. The Morgan fingerprint density at radius 3 is 2.67 bits per heavy atom. The molecule has 0 spiro atoms. The summed E-state index contributed by atoms with van der Waals surface area (Å²) in [4.78, 5) is 0. The standard InChI is InChI=1S/C12H18F2N2O2/c1-17-11-5-3-2-4-9(11)10(16-15)6-7-18-8-12(13)14/h2-5,10,12,16H,6-8,15H2,1H3. The fourth-order valence-corrected chi connectivity index (χ4v) is 1.66. The van der Waals surface area contributed by atoms with E-state index in [1.54, 1.807) is 7.11 Å². The average molecular weight is 260 g/mol. The summed E-state index contributed by atoms with van der Waals surface area (Å²) >= 11 is 0. The summed E-state index contributed by atoms with van der Waals surface area (Å²) in [7, 11) is 1.57. The molecule has 0 amide bonds. The maximum Gasteiger partial charge on any atom is 0.261 e. The predicted octanol–water partition coefficient (Wildman–Crippen LogP) is 1.87. The number of rotatable bonds is 8. The first-order valence-electron chi connectivity index (χ1n) is 5.64. The molecule has 0 aliphatic heterocycles. The molecule has 1 rings (SSSR count). The van der Waals surface area contributed by atoms with Crippen molar-refractivity contribution < 1.29 is 18.3 Å². The van der Waals surface area contributed by atoms with Crippen molar-refractivity contribution in [3.63, 3.8) is 0 Å². The summed E-state index contributed by atoms with van der Waals surface area (Å²) in [6, 6.07) is 7.21. The van der Waals surface area contributed by atoms with E-state index in [1.807, 2.05) is 24.3 Å². The fraction of sp³-hybridized carbons (Fsp3) is 0.500. The number of nitrogens with one attached hydrogen (secondary N) is 1. The van der Waals surface area contributed by atoms with E-state index >= 15 is 0 Å². The van der Waals surface area contributed by atoms with Gasteiger partial charge in [0.05, 0.1) is 13.2 Å². The van der Waals surface area contributed by atoms with Crippen LogP contribution in [0.2, 0.25) is 0 Å². The van der Waals surface area contributed by atoms with Gasteiger partial charge in [-0.3, -0.25) is 11.3 Å². The number of hydrogen-bond donors (Lipinski definition) is 2. The van der Waals surface area contributed by atoms with Crippen molar-refractivity contribution in [3.8, 4) is 5.75 Å². The van der Waals surface area contributed by atoms with E-state index in [-0.39, 0.29) is 12.6 Å². The van der Waals surface area contributed by atoms with Crippen molar-refractivity contribution in [3.05, 3.63) is 29.8 Å². The third-order valence-electron chi connectivity index (χ3n) is 2.51. The van der Waals surface area contributed by atoms with Crippen molar-refractivity contribution >= 4 is 0 Å². The molecule has 1 aromatic carbocycles. The minimum atomic E-state index is -2.44. The first-order chi connectivity index (χ1) is 8.69. The molecule has 0 aromatic heterocycles. The second-order valence-corrected chi connectivity index (χ2v) is 3.72. The molecule has 0 saturated heterocycles. The van der Waals surface area contributed by atoms with Crippen LogP contribution in [0.1, 0.15) is 18.0 Å². The third-order valence-corrected chi connectivity index (χ3v) is 2.51. The second-order valence-electron chi connectivity index (χ2n) is 3.72. The van der Waals surface area contributed by atoms with Gasteiger partial charge in [-0.05, 0) is 12.5 Å². The number of alkyl halides is 2. The number of nitrogens with two attached hydrogens (primary N) is 1. The molecule has 1 unspecified atom stereocenters. The smallest absolute Gasteiger partial charge is 0.261 e. The Labute approximate surface area is 105 Å². The molecule has 0 heterocycles. The molecule has 18 heavy (non-hydrogen) atoms. The molecule has 1 atom stereocenters. The van der Waals surface area contributed by atoms with Gasteiger partial charge >= 0.3 is 0 Å². The van der Waals surface area contributed by atoms with Crippen molar-refractivity contribution in [2.75, 3.05) is 20.3 Å². The van der Waals surface area contributed by atoms with Gasteiger partial charge in [0.15, 0.2) is 0 Å². The van der Waals surface area contributed by atoms with E-state index in [0.29, 0.717) is 12.2 Å². The Balaban J connectivity index is 2.54. The summed E-state index contributed by atoms with van der Waals surface area (Å²) < 4.78 is 33.8. The molecule has 1 aromatic rings. The Hall–Kier alpha value is -1.24. The number of ether oxygens (including phenoxy) is 2. The van der Waals surface area contributed by atoms with Gasteiger partial charge in [0.25, 0.3) is 6.43 Å². The van der Waals surface area contributed by atoms with Gasteiger partial charge in [0, 0.05) is 12.2 Å². The molecule has 3 N–H and O–H groups in total. The molecule has 0 radical (unpaired) electrons. The van der Waals surface area contributed by atoms with Gasteiger partial charge in [-0.1, -0.05) is 18.2 Å². The highest BCUT2D eigenvalue weighted by molar-refractivity contribution is 5.35. The topological polar surface area (TPSA) is 56.5 Å². The van der Waals surface area contributed by atoms with Crippen LogP contribution in [0.15, 0.2) is 24.3 Å². The van der Waals surface area contributed by atoms with Crippen LogP contribution >= 0.6 is 0 Å². The lowest BCUT2D eigenvalue weighted by Crippen LogP contribution is -2.29. The molecule has 102 valence electrons. The van der Waals surface area contributed by atoms with Gasteiger partial charge < -0.3 is 9.47 Å². The molecule has 0 bridgehead atoms. The molecular weight excluding hydrogens is 242 g/mol.